The van der Waals surface area contributed by atoms with E-state index >= 15 is 0 Å². The van der Waals surface area contributed by atoms with Crippen LogP contribution in [-0.2, 0) is 6.54 Å². The molecule has 2 rings (SSSR count). The van der Waals surface area contributed by atoms with Crippen molar-refractivity contribution >= 4 is 11.4 Å². The molecule has 0 bridgehead atoms. The van der Waals surface area contributed by atoms with Gasteiger partial charge in [0.25, 0.3) is 0 Å². The van der Waals surface area contributed by atoms with Crippen molar-refractivity contribution in [3.63, 3.8) is 0 Å². The van der Waals surface area contributed by atoms with E-state index in [1.807, 2.05) is 30.3 Å². The molecular weight excluding hydrogens is 224 g/mol. The highest BCUT2D eigenvalue weighted by atomic mass is 16.3. The first-order valence-corrected chi connectivity index (χ1v) is 6.10. The van der Waals surface area contributed by atoms with Gasteiger partial charge in [-0.2, -0.15) is 0 Å². The fourth-order valence-corrected chi connectivity index (χ4v) is 2.07. The van der Waals surface area contributed by atoms with Crippen LogP contribution in [-0.4, -0.2) is 11.7 Å². The van der Waals surface area contributed by atoms with Gasteiger partial charge in [0.2, 0.25) is 0 Å². The van der Waals surface area contributed by atoms with Crippen LogP contribution >= 0.6 is 0 Å². The summed E-state index contributed by atoms with van der Waals surface area (Å²) in [7, 11) is 0. The van der Waals surface area contributed by atoms with Crippen molar-refractivity contribution in [1.82, 2.24) is 0 Å². The molecule has 0 radical (unpaired) electrons. The van der Waals surface area contributed by atoms with E-state index in [2.05, 4.69) is 17.9 Å². The number of nitrogens with zero attached hydrogens (tertiary/aromatic N) is 1. The SMILES string of the molecule is CCN(c1ccc(O)cc1)c1ccccc1CN. The van der Waals surface area contributed by atoms with Gasteiger partial charge in [-0.3, -0.25) is 0 Å². The number of phenolic OH excluding ortho intramolecular Hbond substituents is 1. The summed E-state index contributed by atoms with van der Waals surface area (Å²) in [5.41, 5.74) is 9.07. The van der Waals surface area contributed by atoms with Crippen LogP contribution in [0, 0.1) is 0 Å². The lowest BCUT2D eigenvalue weighted by Crippen LogP contribution is -2.18. The molecule has 0 aromatic heterocycles. The van der Waals surface area contributed by atoms with Crippen LogP contribution in [0.1, 0.15) is 12.5 Å². The predicted octanol–water partition coefficient (Wildman–Crippen LogP) is 3.01. The van der Waals surface area contributed by atoms with Gasteiger partial charge >= 0.3 is 0 Å². The van der Waals surface area contributed by atoms with Crippen molar-refractivity contribution in [2.75, 3.05) is 11.4 Å². The summed E-state index contributed by atoms with van der Waals surface area (Å²) in [4.78, 5) is 2.18. The highest BCUT2D eigenvalue weighted by molar-refractivity contribution is 5.66. The molecular formula is C15H18N2O. The predicted molar refractivity (Wildman–Crippen MR) is 75.1 cm³/mol. The summed E-state index contributed by atoms with van der Waals surface area (Å²) >= 11 is 0. The molecule has 0 heterocycles. The van der Waals surface area contributed by atoms with Crippen LogP contribution in [0.4, 0.5) is 11.4 Å². The molecule has 0 fully saturated rings. The van der Waals surface area contributed by atoms with Crippen LogP contribution in [0.5, 0.6) is 5.75 Å². The number of hydrogen-bond acceptors (Lipinski definition) is 3. The molecule has 18 heavy (non-hydrogen) atoms. The number of anilines is 2. The minimum Gasteiger partial charge on any atom is -0.508 e. The van der Waals surface area contributed by atoms with Gasteiger partial charge in [0.15, 0.2) is 0 Å². The molecule has 0 saturated heterocycles. The average Bonchev–Trinajstić information content (AvgIpc) is 2.42. The Morgan fingerprint density at radius 1 is 1.06 bits per heavy atom. The normalized spacial score (nSPS) is 10.3. The third-order valence-corrected chi connectivity index (χ3v) is 2.98. The third-order valence-electron chi connectivity index (χ3n) is 2.98. The number of hydrogen-bond donors (Lipinski definition) is 2. The second-order valence-electron chi connectivity index (χ2n) is 4.09. The fraction of sp³-hybridized carbons (Fsp3) is 0.200. The van der Waals surface area contributed by atoms with Crippen LogP contribution in [0.2, 0.25) is 0 Å². The molecule has 3 N–H and O–H groups in total. The molecule has 0 unspecified atom stereocenters. The lowest BCUT2D eigenvalue weighted by molar-refractivity contribution is 0.475. The first-order chi connectivity index (χ1) is 8.76. The second kappa shape index (κ2) is 5.56. The second-order valence-corrected chi connectivity index (χ2v) is 4.09. The molecule has 0 spiro atoms. The summed E-state index contributed by atoms with van der Waals surface area (Å²) in [6, 6.07) is 15.3. The lowest BCUT2D eigenvalue weighted by atomic mass is 10.1. The van der Waals surface area contributed by atoms with Crippen molar-refractivity contribution < 1.29 is 5.11 Å². The van der Waals surface area contributed by atoms with Gasteiger partial charge in [0, 0.05) is 24.5 Å². The number of nitrogens with two attached hydrogens (primary N) is 1. The van der Waals surface area contributed by atoms with Gasteiger partial charge in [-0.1, -0.05) is 18.2 Å². The Morgan fingerprint density at radius 2 is 1.72 bits per heavy atom. The molecule has 3 nitrogen and oxygen atoms in total. The van der Waals surface area contributed by atoms with Crippen molar-refractivity contribution in [3.8, 4) is 5.75 Å². The molecule has 0 amide bonds. The number of para-hydroxylation sites is 1. The zero-order chi connectivity index (χ0) is 13.0. The largest absolute Gasteiger partial charge is 0.508 e. The third kappa shape index (κ3) is 2.46. The molecule has 0 saturated carbocycles. The monoisotopic (exact) mass is 242 g/mol. The maximum absolute atomic E-state index is 9.34. The summed E-state index contributed by atoms with van der Waals surface area (Å²) in [5, 5.41) is 9.34. The summed E-state index contributed by atoms with van der Waals surface area (Å²) < 4.78 is 0. The Balaban J connectivity index is 2.41. The van der Waals surface area contributed by atoms with E-state index in [-0.39, 0.29) is 5.75 Å². The molecule has 0 aliphatic heterocycles. The van der Waals surface area contributed by atoms with Crippen LogP contribution in [0.25, 0.3) is 0 Å². The summed E-state index contributed by atoms with van der Waals surface area (Å²) in [5.74, 6) is 0.280. The summed E-state index contributed by atoms with van der Waals surface area (Å²) in [6.45, 7) is 3.46. The molecule has 2 aromatic rings. The van der Waals surface area contributed by atoms with Gasteiger partial charge in [-0.15, -0.1) is 0 Å². The highest BCUT2D eigenvalue weighted by Crippen LogP contribution is 2.29. The fourth-order valence-electron chi connectivity index (χ4n) is 2.07. The van der Waals surface area contributed by atoms with E-state index in [0.29, 0.717) is 6.54 Å². The van der Waals surface area contributed by atoms with Gasteiger partial charge < -0.3 is 15.7 Å². The average molecular weight is 242 g/mol. The Bertz CT molecular complexity index is 508. The maximum Gasteiger partial charge on any atom is 0.115 e. The summed E-state index contributed by atoms with van der Waals surface area (Å²) in [6.07, 6.45) is 0. The van der Waals surface area contributed by atoms with E-state index in [1.165, 1.54) is 0 Å². The Kier molecular flexibility index (Phi) is 3.85. The quantitative estimate of drug-likeness (QED) is 0.866. The van der Waals surface area contributed by atoms with E-state index in [9.17, 15) is 5.11 Å². The highest BCUT2D eigenvalue weighted by Gasteiger charge is 2.10. The zero-order valence-electron chi connectivity index (χ0n) is 10.5. The number of aromatic hydroxyl groups is 1. The number of rotatable bonds is 4. The van der Waals surface area contributed by atoms with Gasteiger partial charge in [0.05, 0.1) is 0 Å². The Hall–Kier alpha value is -2.00. The van der Waals surface area contributed by atoms with Gasteiger partial charge in [-0.25, -0.2) is 0 Å². The first-order valence-electron chi connectivity index (χ1n) is 6.10. The van der Waals surface area contributed by atoms with Crippen molar-refractivity contribution in [2.45, 2.75) is 13.5 Å². The van der Waals surface area contributed by atoms with Gasteiger partial charge in [-0.05, 0) is 42.8 Å². The maximum atomic E-state index is 9.34. The smallest absolute Gasteiger partial charge is 0.115 e. The van der Waals surface area contributed by atoms with Crippen LogP contribution in [0.3, 0.4) is 0 Å². The topological polar surface area (TPSA) is 49.5 Å². The first kappa shape index (κ1) is 12.5. The Labute approximate surface area is 107 Å². The van der Waals surface area contributed by atoms with Crippen molar-refractivity contribution in [2.24, 2.45) is 5.73 Å². The minimum absolute atomic E-state index is 0.280. The molecule has 2 aromatic carbocycles. The van der Waals surface area contributed by atoms with Crippen molar-refractivity contribution in [3.05, 3.63) is 54.1 Å². The van der Waals surface area contributed by atoms with E-state index < -0.39 is 0 Å². The molecule has 94 valence electrons. The van der Waals surface area contributed by atoms with E-state index in [1.54, 1.807) is 12.1 Å². The molecule has 0 atom stereocenters. The molecule has 3 heteroatoms. The zero-order valence-corrected chi connectivity index (χ0v) is 10.5. The van der Waals surface area contributed by atoms with Crippen molar-refractivity contribution in [1.29, 1.82) is 0 Å². The number of phenols is 1. The molecule has 0 aliphatic rings. The lowest BCUT2D eigenvalue weighted by Gasteiger charge is -2.25. The van der Waals surface area contributed by atoms with Crippen LogP contribution in [0.15, 0.2) is 48.5 Å². The van der Waals surface area contributed by atoms with Gasteiger partial charge in [0.1, 0.15) is 5.75 Å². The Morgan fingerprint density at radius 3 is 2.33 bits per heavy atom. The molecule has 0 aliphatic carbocycles. The van der Waals surface area contributed by atoms with E-state index in [0.717, 1.165) is 23.5 Å². The minimum atomic E-state index is 0.280. The number of benzene rings is 2. The van der Waals surface area contributed by atoms with Crippen LogP contribution < -0.4 is 10.6 Å². The standard InChI is InChI=1S/C15H18N2O/c1-2-17(13-7-9-14(18)10-8-13)15-6-4-3-5-12(15)11-16/h3-10,18H,2,11,16H2,1H3. The van der Waals surface area contributed by atoms with E-state index in [4.69, 9.17) is 5.73 Å².